The van der Waals surface area contributed by atoms with Crippen LogP contribution in [-0.2, 0) is 0 Å². The van der Waals surface area contributed by atoms with E-state index in [2.05, 4.69) is 25.8 Å². The number of hydrogen-bond donors (Lipinski definition) is 2. The molecule has 2 N–H and O–H groups in total. The van der Waals surface area contributed by atoms with E-state index in [9.17, 15) is 4.79 Å². The number of aromatic nitrogens is 4. The third-order valence-electron chi connectivity index (χ3n) is 4.43. The Labute approximate surface area is 162 Å². The number of nitrogens with zero attached hydrogens (tertiary/aromatic N) is 4. The van der Waals surface area contributed by atoms with Crippen molar-refractivity contribution in [1.82, 2.24) is 19.6 Å². The standard InChI is InChI=1S/C21H20N6O/c1-14-6-9-17(10-7-14)24-21(28)16-8-11-18(22-13-16)23-15(2)20-26-25-19-5-3-4-12-27(19)20/h3-13,15H,1-2H3,(H,22,23)(H,24,28). The predicted molar refractivity (Wildman–Crippen MR) is 108 cm³/mol. The van der Waals surface area contributed by atoms with Crippen LogP contribution >= 0.6 is 0 Å². The number of pyridine rings is 2. The summed E-state index contributed by atoms with van der Waals surface area (Å²) >= 11 is 0. The lowest BCUT2D eigenvalue weighted by Crippen LogP contribution is -2.14. The zero-order valence-electron chi connectivity index (χ0n) is 15.6. The van der Waals surface area contributed by atoms with Gasteiger partial charge in [0.1, 0.15) is 5.82 Å². The first-order valence-electron chi connectivity index (χ1n) is 9.00. The molecule has 4 rings (SSSR count). The second-order valence-electron chi connectivity index (χ2n) is 6.61. The number of aryl methyl sites for hydroxylation is 1. The van der Waals surface area contributed by atoms with E-state index >= 15 is 0 Å². The Hall–Kier alpha value is -3.74. The van der Waals surface area contributed by atoms with Crippen molar-refractivity contribution in [2.24, 2.45) is 0 Å². The summed E-state index contributed by atoms with van der Waals surface area (Å²) in [6.07, 6.45) is 3.48. The third kappa shape index (κ3) is 3.68. The van der Waals surface area contributed by atoms with Crippen LogP contribution < -0.4 is 10.6 Å². The number of anilines is 2. The Balaban J connectivity index is 1.44. The van der Waals surface area contributed by atoms with Gasteiger partial charge in [-0.15, -0.1) is 10.2 Å². The van der Waals surface area contributed by atoms with Gasteiger partial charge in [-0.2, -0.15) is 0 Å². The molecule has 0 radical (unpaired) electrons. The van der Waals surface area contributed by atoms with Gasteiger partial charge in [-0.05, 0) is 50.2 Å². The summed E-state index contributed by atoms with van der Waals surface area (Å²) in [5.41, 5.74) is 3.18. The number of nitrogens with one attached hydrogen (secondary N) is 2. The van der Waals surface area contributed by atoms with Crippen LogP contribution in [0.5, 0.6) is 0 Å². The molecule has 0 aliphatic rings. The van der Waals surface area contributed by atoms with Crippen LogP contribution in [0.3, 0.4) is 0 Å². The Kier molecular flexibility index (Phi) is 4.72. The molecule has 140 valence electrons. The molecule has 0 bridgehead atoms. The van der Waals surface area contributed by atoms with Crippen molar-refractivity contribution < 1.29 is 4.79 Å². The normalized spacial score (nSPS) is 11.9. The number of rotatable bonds is 5. The maximum Gasteiger partial charge on any atom is 0.257 e. The van der Waals surface area contributed by atoms with Crippen LogP contribution in [0.1, 0.15) is 34.7 Å². The highest BCUT2D eigenvalue weighted by atomic mass is 16.1. The molecule has 28 heavy (non-hydrogen) atoms. The van der Waals surface area contributed by atoms with Crippen molar-refractivity contribution in [2.75, 3.05) is 10.6 Å². The van der Waals surface area contributed by atoms with Gasteiger partial charge in [0.15, 0.2) is 11.5 Å². The molecule has 0 aliphatic carbocycles. The molecule has 1 amide bonds. The molecule has 7 nitrogen and oxygen atoms in total. The van der Waals surface area contributed by atoms with Crippen molar-refractivity contribution in [3.05, 3.63) is 83.9 Å². The quantitative estimate of drug-likeness (QED) is 0.556. The highest BCUT2D eigenvalue weighted by Gasteiger charge is 2.14. The first-order chi connectivity index (χ1) is 13.6. The smallest absolute Gasteiger partial charge is 0.257 e. The number of carbonyl (C=O) groups excluding carboxylic acids is 1. The summed E-state index contributed by atoms with van der Waals surface area (Å²) in [7, 11) is 0. The summed E-state index contributed by atoms with van der Waals surface area (Å²) in [5.74, 6) is 1.25. The minimum Gasteiger partial charge on any atom is -0.360 e. The summed E-state index contributed by atoms with van der Waals surface area (Å²) < 4.78 is 1.93. The van der Waals surface area contributed by atoms with Crippen molar-refractivity contribution in [3.8, 4) is 0 Å². The first-order valence-corrected chi connectivity index (χ1v) is 9.00. The van der Waals surface area contributed by atoms with Crippen LogP contribution in [0.25, 0.3) is 5.65 Å². The molecule has 0 saturated heterocycles. The second-order valence-corrected chi connectivity index (χ2v) is 6.61. The predicted octanol–water partition coefficient (Wildman–Crippen LogP) is 3.86. The van der Waals surface area contributed by atoms with Crippen molar-refractivity contribution >= 4 is 23.1 Å². The molecule has 0 saturated carbocycles. The largest absolute Gasteiger partial charge is 0.360 e. The van der Waals surface area contributed by atoms with Gasteiger partial charge in [0.25, 0.3) is 5.91 Å². The Morgan fingerprint density at radius 1 is 1.04 bits per heavy atom. The fourth-order valence-electron chi connectivity index (χ4n) is 2.90. The molecule has 1 atom stereocenters. The van der Waals surface area contributed by atoms with Gasteiger partial charge >= 0.3 is 0 Å². The van der Waals surface area contributed by atoms with Gasteiger partial charge in [-0.3, -0.25) is 9.20 Å². The average Bonchev–Trinajstić information content (AvgIpc) is 3.14. The van der Waals surface area contributed by atoms with Gasteiger partial charge in [-0.1, -0.05) is 23.8 Å². The van der Waals surface area contributed by atoms with Crippen LogP contribution in [0.15, 0.2) is 67.0 Å². The van der Waals surface area contributed by atoms with Gasteiger partial charge < -0.3 is 10.6 Å². The highest BCUT2D eigenvalue weighted by Crippen LogP contribution is 2.18. The summed E-state index contributed by atoms with van der Waals surface area (Å²) in [4.78, 5) is 16.7. The number of benzene rings is 1. The molecule has 3 heterocycles. The fraction of sp³-hybridized carbons (Fsp3) is 0.143. The number of amides is 1. The maximum atomic E-state index is 12.4. The number of carbonyl (C=O) groups is 1. The Bertz CT molecular complexity index is 1100. The Morgan fingerprint density at radius 2 is 1.86 bits per heavy atom. The van der Waals surface area contributed by atoms with Gasteiger partial charge in [0.05, 0.1) is 11.6 Å². The molecule has 1 unspecified atom stereocenters. The zero-order chi connectivity index (χ0) is 19.5. The van der Waals surface area contributed by atoms with E-state index in [1.165, 1.54) is 0 Å². The number of fused-ring (bicyclic) bond motifs is 1. The average molecular weight is 372 g/mol. The van der Waals surface area contributed by atoms with Crippen LogP contribution in [0.2, 0.25) is 0 Å². The summed E-state index contributed by atoms with van der Waals surface area (Å²) in [6, 6.07) is 16.9. The fourth-order valence-corrected chi connectivity index (χ4v) is 2.90. The lowest BCUT2D eigenvalue weighted by molar-refractivity contribution is 0.102. The molecule has 1 aromatic carbocycles. The van der Waals surface area contributed by atoms with Crippen molar-refractivity contribution in [2.45, 2.75) is 19.9 Å². The van der Waals surface area contributed by atoms with Gasteiger partial charge in [0, 0.05) is 18.1 Å². The van der Waals surface area contributed by atoms with Crippen molar-refractivity contribution in [3.63, 3.8) is 0 Å². The van der Waals surface area contributed by atoms with Gasteiger partial charge in [-0.25, -0.2) is 4.98 Å². The topological polar surface area (TPSA) is 84.2 Å². The minimum absolute atomic E-state index is 0.0999. The Morgan fingerprint density at radius 3 is 2.61 bits per heavy atom. The molecule has 3 aromatic heterocycles. The first kappa shape index (κ1) is 17.7. The minimum atomic E-state index is -0.195. The lowest BCUT2D eigenvalue weighted by atomic mass is 10.2. The third-order valence-corrected chi connectivity index (χ3v) is 4.43. The molecule has 4 aromatic rings. The van der Waals surface area contributed by atoms with E-state index in [0.717, 1.165) is 22.7 Å². The van der Waals surface area contributed by atoms with Gasteiger partial charge in [0.2, 0.25) is 0 Å². The van der Waals surface area contributed by atoms with E-state index < -0.39 is 0 Å². The van der Waals surface area contributed by atoms with Crippen LogP contribution in [0.4, 0.5) is 11.5 Å². The number of hydrogen-bond acceptors (Lipinski definition) is 5. The van der Waals surface area contributed by atoms with E-state index in [0.29, 0.717) is 11.4 Å². The SMILES string of the molecule is Cc1ccc(NC(=O)c2ccc(NC(C)c3nnc4ccccn34)nc2)cc1. The highest BCUT2D eigenvalue weighted by molar-refractivity contribution is 6.04. The summed E-state index contributed by atoms with van der Waals surface area (Å²) in [5, 5.41) is 14.6. The maximum absolute atomic E-state index is 12.4. The molecule has 7 heteroatoms. The molecule has 0 fully saturated rings. The van der Waals surface area contributed by atoms with E-state index in [1.54, 1.807) is 18.3 Å². The second kappa shape index (κ2) is 7.48. The molecule has 0 aliphatic heterocycles. The molecular weight excluding hydrogens is 352 g/mol. The summed E-state index contributed by atoms with van der Waals surface area (Å²) in [6.45, 7) is 3.99. The van der Waals surface area contributed by atoms with Crippen LogP contribution in [-0.4, -0.2) is 25.5 Å². The van der Waals surface area contributed by atoms with E-state index in [4.69, 9.17) is 0 Å². The van der Waals surface area contributed by atoms with E-state index in [-0.39, 0.29) is 11.9 Å². The van der Waals surface area contributed by atoms with Crippen molar-refractivity contribution in [1.29, 1.82) is 0 Å². The molecule has 0 spiro atoms. The lowest BCUT2D eigenvalue weighted by Gasteiger charge is -2.13. The van der Waals surface area contributed by atoms with Crippen LogP contribution in [0, 0.1) is 6.92 Å². The monoisotopic (exact) mass is 372 g/mol. The van der Waals surface area contributed by atoms with E-state index in [1.807, 2.05) is 66.9 Å². The molecular formula is C21H20N6O. The zero-order valence-corrected chi connectivity index (χ0v) is 15.6.